The quantitative estimate of drug-likeness (QED) is 0.176. The van der Waals surface area contributed by atoms with Crippen molar-refractivity contribution in [1.82, 2.24) is 9.66 Å². The lowest BCUT2D eigenvalue weighted by Gasteiger charge is -2.18. The number of aryl methyl sites for hydroxylation is 2. The summed E-state index contributed by atoms with van der Waals surface area (Å²) >= 11 is 0. The fourth-order valence-electron chi connectivity index (χ4n) is 4.83. The third kappa shape index (κ3) is 6.86. The van der Waals surface area contributed by atoms with Crippen LogP contribution in [0.3, 0.4) is 0 Å². The summed E-state index contributed by atoms with van der Waals surface area (Å²) in [5.41, 5.74) is 5.70. The molecule has 224 valence electrons. The maximum atomic E-state index is 13.7. The van der Waals surface area contributed by atoms with Gasteiger partial charge in [0.2, 0.25) is 0 Å². The number of benzene rings is 4. The van der Waals surface area contributed by atoms with Gasteiger partial charge >= 0.3 is 0 Å². The van der Waals surface area contributed by atoms with E-state index >= 15 is 0 Å². The number of amides is 1. The van der Waals surface area contributed by atoms with Crippen molar-refractivity contribution >= 4 is 28.7 Å². The lowest BCUT2D eigenvalue weighted by atomic mass is 9.96. The van der Waals surface area contributed by atoms with Gasteiger partial charge in [0, 0.05) is 11.3 Å². The summed E-state index contributed by atoms with van der Waals surface area (Å²) in [6, 6.07) is 26.0. The van der Waals surface area contributed by atoms with Crippen LogP contribution in [0.25, 0.3) is 22.3 Å². The molecule has 0 aliphatic heterocycles. The molecule has 5 rings (SSSR count). The third-order valence-electron chi connectivity index (χ3n) is 7.18. The Kier molecular flexibility index (Phi) is 9.19. The topological polar surface area (TPSA) is 94.8 Å². The number of aromatic nitrogens is 2. The second kappa shape index (κ2) is 13.4. The number of para-hydroxylation sites is 1. The molecule has 0 bridgehead atoms. The lowest BCUT2D eigenvalue weighted by molar-refractivity contribution is -0.118. The van der Waals surface area contributed by atoms with Gasteiger partial charge < -0.3 is 14.8 Å². The fraction of sp³-hybridized carbons (Fsp3) is 0.222. The Balaban J connectivity index is 1.42. The average molecular weight is 589 g/mol. The van der Waals surface area contributed by atoms with E-state index < -0.39 is 0 Å². The normalized spacial score (nSPS) is 11.3. The van der Waals surface area contributed by atoms with Crippen molar-refractivity contribution in [3.05, 3.63) is 118 Å². The highest BCUT2D eigenvalue weighted by atomic mass is 16.5. The van der Waals surface area contributed by atoms with Crippen LogP contribution in [0.1, 0.15) is 48.9 Å². The number of rotatable bonds is 10. The molecular weight excluding hydrogens is 552 g/mol. The van der Waals surface area contributed by atoms with Crippen molar-refractivity contribution in [2.24, 2.45) is 5.10 Å². The molecule has 0 atom stereocenters. The Hall–Kier alpha value is -5.24. The zero-order valence-corrected chi connectivity index (χ0v) is 25.6. The van der Waals surface area contributed by atoms with E-state index in [2.05, 4.69) is 30.3 Å². The van der Waals surface area contributed by atoms with E-state index in [9.17, 15) is 9.59 Å². The first-order chi connectivity index (χ1) is 21.2. The first-order valence-corrected chi connectivity index (χ1v) is 14.7. The van der Waals surface area contributed by atoms with Crippen molar-refractivity contribution in [3.63, 3.8) is 0 Å². The molecule has 0 aliphatic carbocycles. The minimum atomic E-state index is -0.263. The number of fused-ring (bicyclic) bond motifs is 1. The minimum absolute atomic E-state index is 0.122. The molecule has 44 heavy (non-hydrogen) atoms. The molecule has 1 amide bonds. The van der Waals surface area contributed by atoms with Gasteiger partial charge in [-0.25, -0.2) is 4.98 Å². The van der Waals surface area contributed by atoms with Crippen LogP contribution in [-0.4, -0.2) is 35.0 Å². The molecule has 4 aromatic carbocycles. The molecule has 0 fully saturated rings. The molecule has 5 aromatic rings. The summed E-state index contributed by atoms with van der Waals surface area (Å²) in [5, 5.41) is 7.91. The number of carbonyl (C=O) groups excluding carboxylic acids is 1. The predicted molar refractivity (Wildman–Crippen MR) is 176 cm³/mol. The van der Waals surface area contributed by atoms with E-state index in [4.69, 9.17) is 14.5 Å². The SMILES string of the molecule is CCOc1cc(C)c(-c2nc3ccccc3c(=O)n2N=Cc2ccc(OCC(=O)Nc3ccc(C)cc3)cc2)cc1C(C)C. The number of nitrogens with zero attached hydrogens (tertiary/aromatic N) is 3. The molecule has 8 nitrogen and oxygen atoms in total. The number of anilines is 1. The molecule has 0 radical (unpaired) electrons. The first kappa shape index (κ1) is 30.2. The number of hydrogen-bond donors (Lipinski definition) is 1. The van der Waals surface area contributed by atoms with Gasteiger partial charge in [-0.05, 0) is 104 Å². The third-order valence-corrected chi connectivity index (χ3v) is 7.18. The van der Waals surface area contributed by atoms with Crippen molar-refractivity contribution in [2.75, 3.05) is 18.5 Å². The molecule has 0 unspecified atom stereocenters. The predicted octanol–water partition coefficient (Wildman–Crippen LogP) is 7.10. The van der Waals surface area contributed by atoms with E-state index in [1.807, 2.05) is 81.4 Å². The highest BCUT2D eigenvalue weighted by Gasteiger charge is 2.18. The first-order valence-electron chi connectivity index (χ1n) is 14.7. The summed E-state index contributed by atoms with van der Waals surface area (Å²) in [5.74, 6) is 1.77. The van der Waals surface area contributed by atoms with Crippen molar-refractivity contribution in [1.29, 1.82) is 0 Å². The Labute approximate surface area is 257 Å². The van der Waals surface area contributed by atoms with Gasteiger partial charge in [-0.2, -0.15) is 9.78 Å². The summed E-state index contributed by atoms with van der Waals surface area (Å²) in [6.07, 6.45) is 1.61. The molecular formula is C36H36N4O4. The Bertz CT molecular complexity index is 1870. The standard InChI is InChI=1S/C36H36N4O4/c1-6-43-33-19-25(5)31(20-30(33)23(2)3)35-39-32-10-8-7-9-29(32)36(42)40(35)37-21-26-13-17-28(18-14-26)44-22-34(41)38-27-15-11-24(4)12-16-27/h7-21,23H,6,22H2,1-5H3,(H,38,41). The number of hydrogen-bond acceptors (Lipinski definition) is 6. The van der Waals surface area contributed by atoms with E-state index in [0.717, 1.165) is 39.3 Å². The minimum Gasteiger partial charge on any atom is -0.494 e. The number of ether oxygens (including phenoxy) is 2. The van der Waals surface area contributed by atoms with Gasteiger partial charge in [-0.3, -0.25) is 9.59 Å². The second-order valence-corrected chi connectivity index (χ2v) is 10.9. The second-order valence-electron chi connectivity index (χ2n) is 10.9. The molecule has 0 saturated heterocycles. The van der Waals surface area contributed by atoms with Crippen molar-refractivity contribution in [2.45, 2.75) is 40.5 Å². The molecule has 0 aliphatic rings. The van der Waals surface area contributed by atoms with Gasteiger partial charge in [-0.1, -0.05) is 43.7 Å². The molecule has 1 heterocycles. The van der Waals surface area contributed by atoms with Crippen LogP contribution in [0.4, 0.5) is 5.69 Å². The Morgan fingerprint density at radius 3 is 2.41 bits per heavy atom. The lowest BCUT2D eigenvalue weighted by Crippen LogP contribution is -2.21. The van der Waals surface area contributed by atoms with Crippen LogP contribution >= 0.6 is 0 Å². The molecule has 1 aromatic heterocycles. The molecule has 0 saturated carbocycles. The van der Waals surface area contributed by atoms with Crippen molar-refractivity contribution in [3.8, 4) is 22.9 Å². The van der Waals surface area contributed by atoms with Gasteiger partial charge in [0.25, 0.3) is 11.5 Å². The van der Waals surface area contributed by atoms with Crippen LogP contribution in [0.5, 0.6) is 11.5 Å². The van der Waals surface area contributed by atoms with Gasteiger partial charge in [0.15, 0.2) is 12.4 Å². The average Bonchev–Trinajstić information content (AvgIpc) is 3.01. The molecule has 1 N–H and O–H groups in total. The van der Waals surface area contributed by atoms with Crippen LogP contribution in [0.15, 0.2) is 94.8 Å². The zero-order chi connectivity index (χ0) is 31.2. The summed E-state index contributed by atoms with van der Waals surface area (Å²) in [7, 11) is 0. The van der Waals surface area contributed by atoms with E-state index in [-0.39, 0.29) is 24.0 Å². The van der Waals surface area contributed by atoms with Gasteiger partial charge in [0.1, 0.15) is 11.5 Å². The smallest absolute Gasteiger partial charge is 0.282 e. The fourth-order valence-corrected chi connectivity index (χ4v) is 4.83. The summed E-state index contributed by atoms with van der Waals surface area (Å²) in [4.78, 5) is 30.9. The summed E-state index contributed by atoms with van der Waals surface area (Å²) in [6.45, 7) is 10.6. The number of carbonyl (C=O) groups is 1. The molecule has 0 spiro atoms. The van der Waals surface area contributed by atoms with Crippen LogP contribution in [0, 0.1) is 13.8 Å². The van der Waals surface area contributed by atoms with Gasteiger partial charge in [0.05, 0.1) is 23.7 Å². The molecule has 8 heteroatoms. The van der Waals surface area contributed by atoms with Crippen molar-refractivity contribution < 1.29 is 14.3 Å². The van der Waals surface area contributed by atoms with E-state index in [0.29, 0.717) is 29.1 Å². The maximum Gasteiger partial charge on any atom is 0.282 e. The van der Waals surface area contributed by atoms with Gasteiger partial charge in [-0.15, -0.1) is 0 Å². The number of nitrogens with one attached hydrogen (secondary N) is 1. The van der Waals surface area contributed by atoms with Crippen LogP contribution < -0.4 is 20.3 Å². The highest BCUT2D eigenvalue weighted by Crippen LogP contribution is 2.34. The Morgan fingerprint density at radius 2 is 1.70 bits per heavy atom. The zero-order valence-electron chi connectivity index (χ0n) is 25.6. The Morgan fingerprint density at radius 1 is 0.977 bits per heavy atom. The van der Waals surface area contributed by atoms with E-state index in [1.165, 1.54) is 4.68 Å². The largest absolute Gasteiger partial charge is 0.494 e. The van der Waals surface area contributed by atoms with Crippen LogP contribution in [0.2, 0.25) is 0 Å². The maximum absolute atomic E-state index is 13.7. The van der Waals surface area contributed by atoms with E-state index in [1.54, 1.807) is 24.4 Å². The summed E-state index contributed by atoms with van der Waals surface area (Å²) < 4.78 is 12.9. The monoisotopic (exact) mass is 588 g/mol. The van der Waals surface area contributed by atoms with Crippen LogP contribution in [-0.2, 0) is 4.79 Å². The highest BCUT2D eigenvalue weighted by molar-refractivity contribution is 5.92.